The third kappa shape index (κ3) is 5.51. The number of nitrogens with zero attached hydrogens (tertiary/aromatic N) is 1. The van der Waals surface area contributed by atoms with Crippen LogP contribution in [0, 0.1) is 0 Å². The number of unbranched alkanes of at least 4 members (excludes halogenated alkanes) is 1. The Bertz CT molecular complexity index is 1180. The van der Waals surface area contributed by atoms with E-state index in [0.29, 0.717) is 6.42 Å². The average Bonchev–Trinajstić information content (AvgIpc) is 3.47. The first kappa shape index (κ1) is 24.0. The summed E-state index contributed by atoms with van der Waals surface area (Å²) in [7, 11) is 0. The predicted octanol–water partition coefficient (Wildman–Crippen LogP) is 4.09. The molecule has 9 heteroatoms. The lowest BCUT2D eigenvalue weighted by molar-refractivity contribution is -0.123. The molecular formula is C26H27N3O6. The maximum atomic E-state index is 12.7. The third-order valence-corrected chi connectivity index (χ3v) is 6.01. The highest BCUT2D eigenvalue weighted by atomic mass is 16.5. The zero-order valence-corrected chi connectivity index (χ0v) is 19.3. The Morgan fingerprint density at radius 3 is 2.34 bits per heavy atom. The Morgan fingerprint density at radius 2 is 1.74 bits per heavy atom. The van der Waals surface area contributed by atoms with Gasteiger partial charge >= 0.3 is 12.1 Å². The summed E-state index contributed by atoms with van der Waals surface area (Å²) >= 11 is 0. The number of carbonyl (C=O) groups is 3. The average molecular weight is 478 g/mol. The van der Waals surface area contributed by atoms with E-state index in [2.05, 4.69) is 27.9 Å². The van der Waals surface area contributed by atoms with E-state index in [0.717, 1.165) is 35.1 Å². The van der Waals surface area contributed by atoms with Crippen LogP contribution in [0.4, 0.5) is 4.79 Å². The number of alkyl carbamates (subject to hydrolysis) is 1. The predicted molar refractivity (Wildman–Crippen MR) is 127 cm³/mol. The molecule has 1 aliphatic rings. The summed E-state index contributed by atoms with van der Waals surface area (Å²) < 4.78 is 10.5. The van der Waals surface area contributed by atoms with Gasteiger partial charge < -0.3 is 25.0 Å². The number of nitrogens with one attached hydrogen (secondary N) is 2. The molecule has 0 bridgehead atoms. The molecule has 3 aromatic rings. The second kappa shape index (κ2) is 10.9. The van der Waals surface area contributed by atoms with Crippen molar-refractivity contribution in [3.63, 3.8) is 0 Å². The fourth-order valence-electron chi connectivity index (χ4n) is 4.25. The molecule has 0 fully saturated rings. The minimum absolute atomic E-state index is 0.0475. The number of benzene rings is 2. The van der Waals surface area contributed by atoms with Crippen LogP contribution >= 0.6 is 0 Å². The van der Waals surface area contributed by atoms with E-state index < -0.39 is 24.0 Å². The van der Waals surface area contributed by atoms with E-state index in [1.165, 1.54) is 6.07 Å². The van der Waals surface area contributed by atoms with Gasteiger partial charge in [0.15, 0.2) is 11.5 Å². The van der Waals surface area contributed by atoms with Crippen LogP contribution < -0.4 is 10.6 Å². The van der Waals surface area contributed by atoms with Crippen LogP contribution in [0.3, 0.4) is 0 Å². The molecule has 1 aliphatic carbocycles. The van der Waals surface area contributed by atoms with Crippen molar-refractivity contribution in [3.05, 3.63) is 77.2 Å². The summed E-state index contributed by atoms with van der Waals surface area (Å²) in [5.74, 6) is -1.51. The summed E-state index contributed by atoms with van der Waals surface area (Å²) in [4.78, 5) is 36.3. The number of rotatable bonds is 10. The molecule has 0 saturated carbocycles. The van der Waals surface area contributed by atoms with E-state index in [4.69, 9.17) is 14.4 Å². The second-order valence-corrected chi connectivity index (χ2v) is 8.37. The molecule has 0 unspecified atom stereocenters. The highest BCUT2D eigenvalue weighted by molar-refractivity contribution is 5.86. The summed E-state index contributed by atoms with van der Waals surface area (Å²) in [5, 5.41) is 17.7. The maximum Gasteiger partial charge on any atom is 0.407 e. The van der Waals surface area contributed by atoms with Gasteiger partial charge in [-0.15, -0.1) is 0 Å². The Kier molecular flexibility index (Phi) is 7.45. The first-order valence-corrected chi connectivity index (χ1v) is 11.6. The Hall–Kier alpha value is -4.14. The zero-order valence-electron chi connectivity index (χ0n) is 19.3. The van der Waals surface area contributed by atoms with Gasteiger partial charge in [0, 0.05) is 12.0 Å². The minimum atomic E-state index is -1.22. The first-order valence-electron chi connectivity index (χ1n) is 11.6. The van der Waals surface area contributed by atoms with Gasteiger partial charge in [0.1, 0.15) is 12.6 Å². The van der Waals surface area contributed by atoms with Crippen molar-refractivity contribution in [1.82, 2.24) is 15.8 Å². The van der Waals surface area contributed by atoms with E-state index in [9.17, 15) is 14.4 Å². The van der Waals surface area contributed by atoms with E-state index >= 15 is 0 Å². The fourth-order valence-corrected chi connectivity index (χ4v) is 4.25. The molecule has 3 N–H and O–H groups in total. The van der Waals surface area contributed by atoms with Gasteiger partial charge in [0.25, 0.3) is 0 Å². The lowest BCUT2D eigenvalue weighted by Gasteiger charge is -2.19. The number of carbonyl (C=O) groups excluding carboxylic acids is 2. The van der Waals surface area contributed by atoms with Crippen LogP contribution in [0.25, 0.3) is 11.1 Å². The van der Waals surface area contributed by atoms with Crippen molar-refractivity contribution in [2.24, 2.45) is 0 Å². The number of hydrogen-bond donors (Lipinski definition) is 3. The number of hydrogen-bond acceptors (Lipinski definition) is 6. The Balaban J connectivity index is 1.36. The van der Waals surface area contributed by atoms with Crippen LogP contribution in [-0.2, 0) is 16.1 Å². The second-order valence-electron chi connectivity index (χ2n) is 8.37. The molecule has 0 radical (unpaired) electrons. The van der Waals surface area contributed by atoms with Gasteiger partial charge in [-0.25, -0.2) is 9.59 Å². The van der Waals surface area contributed by atoms with Gasteiger partial charge in [-0.05, 0) is 28.7 Å². The molecule has 0 saturated heterocycles. The zero-order chi connectivity index (χ0) is 24.8. The van der Waals surface area contributed by atoms with Crippen LogP contribution in [0.15, 0.2) is 59.1 Å². The summed E-state index contributed by atoms with van der Waals surface area (Å²) in [6.45, 7) is 2.09. The molecule has 182 valence electrons. The normalized spacial score (nSPS) is 12.9. The summed E-state index contributed by atoms with van der Waals surface area (Å²) in [6, 6.07) is 16.6. The van der Waals surface area contributed by atoms with E-state index in [1.54, 1.807) is 0 Å². The van der Waals surface area contributed by atoms with Crippen molar-refractivity contribution in [2.75, 3.05) is 6.61 Å². The van der Waals surface area contributed by atoms with E-state index in [-0.39, 0.29) is 30.5 Å². The molecule has 9 nitrogen and oxygen atoms in total. The largest absolute Gasteiger partial charge is 0.476 e. The first-order chi connectivity index (χ1) is 17.0. The molecule has 0 aliphatic heterocycles. The molecule has 4 rings (SSSR count). The number of ether oxygens (including phenoxy) is 1. The van der Waals surface area contributed by atoms with Crippen LogP contribution in [0.1, 0.15) is 59.5 Å². The number of carboxylic acid groups (broad SMARTS) is 1. The van der Waals surface area contributed by atoms with Crippen molar-refractivity contribution in [1.29, 1.82) is 0 Å². The van der Waals surface area contributed by atoms with Gasteiger partial charge in [-0.3, -0.25) is 4.79 Å². The molecule has 2 aromatic carbocycles. The maximum absolute atomic E-state index is 12.7. The van der Waals surface area contributed by atoms with Crippen molar-refractivity contribution in [3.8, 4) is 11.1 Å². The topological polar surface area (TPSA) is 131 Å². The van der Waals surface area contributed by atoms with Gasteiger partial charge in [-0.1, -0.05) is 73.5 Å². The molecular weight excluding hydrogens is 450 g/mol. The van der Waals surface area contributed by atoms with Crippen LogP contribution in [-0.4, -0.2) is 40.9 Å². The molecule has 1 heterocycles. The number of carboxylic acids is 1. The highest BCUT2D eigenvalue weighted by Gasteiger charge is 2.29. The molecule has 1 atom stereocenters. The standard InChI is InChI=1S/C26H27N3O6/c1-2-3-12-22(24(30)27-14-16-13-23(25(31)32)29-35-16)28-26(33)34-15-21-19-10-6-4-8-17(19)18-9-5-7-11-20(18)21/h4-11,13,21-22H,2-3,12,14-15H2,1H3,(H,27,30)(H,28,33)(H,31,32)/t22-/m0/s1. The quantitative estimate of drug-likeness (QED) is 0.401. The van der Waals surface area contributed by atoms with Crippen molar-refractivity contribution >= 4 is 18.0 Å². The van der Waals surface area contributed by atoms with Crippen LogP contribution in [0.2, 0.25) is 0 Å². The number of amides is 2. The number of aromatic carboxylic acids is 1. The smallest absolute Gasteiger partial charge is 0.407 e. The minimum Gasteiger partial charge on any atom is -0.476 e. The summed E-state index contributed by atoms with van der Waals surface area (Å²) in [5.41, 5.74) is 4.24. The van der Waals surface area contributed by atoms with E-state index in [1.807, 2.05) is 43.3 Å². The molecule has 0 spiro atoms. The molecule has 2 amide bonds. The van der Waals surface area contributed by atoms with Crippen molar-refractivity contribution < 1.29 is 28.8 Å². The number of aromatic nitrogens is 1. The third-order valence-electron chi connectivity index (χ3n) is 6.01. The van der Waals surface area contributed by atoms with Gasteiger partial charge in [-0.2, -0.15) is 0 Å². The van der Waals surface area contributed by atoms with Crippen molar-refractivity contribution in [2.45, 2.75) is 44.7 Å². The van der Waals surface area contributed by atoms with Gasteiger partial charge in [0.05, 0.1) is 6.54 Å². The van der Waals surface area contributed by atoms with Gasteiger partial charge in [0.2, 0.25) is 5.91 Å². The summed E-state index contributed by atoms with van der Waals surface area (Å²) in [6.07, 6.45) is 1.34. The van der Waals surface area contributed by atoms with Crippen LogP contribution in [0.5, 0.6) is 0 Å². The fraction of sp³-hybridized carbons (Fsp3) is 0.308. The lowest BCUT2D eigenvalue weighted by atomic mass is 9.98. The monoisotopic (exact) mass is 477 g/mol. The lowest BCUT2D eigenvalue weighted by Crippen LogP contribution is -2.46. The number of fused-ring (bicyclic) bond motifs is 3. The SMILES string of the molecule is CCCC[C@H](NC(=O)OCC1c2ccccc2-c2ccccc21)C(=O)NCc1cc(C(=O)O)no1. The molecule has 1 aromatic heterocycles. The Morgan fingerprint density at radius 1 is 1.09 bits per heavy atom. The Labute approximate surface area is 202 Å². The molecule has 35 heavy (non-hydrogen) atoms. The highest BCUT2D eigenvalue weighted by Crippen LogP contribution is 2.44.